The van der Waals surface area contributed by atoms with Crippen molar-refractivity contribution in [3.63, 3.8) is 0 Å². The topological polar surface area (TPSA) is 41.5 Å². The van der Waals surface area contributed by atoms with Crippen LogP contribution in [0.5, 0.6) is 11.5 Å². The quantitative estimate of drug-likeness (QED) is 0.908. The number of aromatic hydroxyl groups is 1. The Bertz CT molecular complexity index is 647. The molecule has 0 aromatic heterocycles. The number of rotatable bonds is 3. The van der Waals surface area contributed by atoms with E-state index in [1.807, 2.05) is 24.3 Å². The van der Waals surface area contributed by atoms with E-state index in [0.717, 1.165) is 18.7 Å². The molecule has 0 saturated heterocycles. The maximum atomic E-state index is 9.76. The average molecular weight is 281 g/mol. The molecule has 2 aliphatic rings. The Kier molecular flexibility index (Phi) is 3.08. The summed E-state index contributed by atoms with van der Waals surface area (Å²) in [6.45, 7) is 0.961. The average Bonchev–Trinajstić information content (AvgIpc) is 3.31. The van der Waals surface area contributed by atoms with Crippen LogP contribution in [0.1, 0.15) is 35.6 Å². The van der Waals surface area contributed by atoms with Gasteiger partial charge in [0.05, 0.1) is 12.1 Å². The predicted octanol–water partition coefficient (Wildman–Crippen LogP) is 3.17. The zero-order valence-electron chi connectivity index (χ0n) is 11.9. The summed E-state index contributed by atoms with van der Waals surface area (Å²) in [5.74, 6) is 1.28. The van der Waals surface area contributed by atoms with Crippen LogP contribution < -0.4 is 10.1 Å². The Morgan fingerprint density at radius 3 is 2.62 bits per heavy atom. The highest BCUT2D eigenvalue weighted by atomic mass is 16.5. The second-order valence-corrected chi connectivity index (χ2v) is 5.91. The van der Waals surface area contributed by atoms with Gasteiger partial charge in [-0.3, -0.25) is 0 Å². The van der Waals surface area contributed by atoms with Crippen molar-refractivity contribution in [3.8, 4) is 11.5 Å². The minimum atomic E-state index is 0.149. The lowest BCUT2D eigenvalue weighted by atomic mass is 9.90. The summed E-state index contributed by atoms with van der Waals surface area (Å²) in [6.07, 6.45) is 3.80. The summed E-state index contributed by atoms with van der Waals surface area (Å²) >= 11 is 0. The molecule has 1 aliphatic heterocycles. The second-order valence-electron chi connectivity index (χ2n) is 5.91. The number of ether oxygens (including phenoxy) is 1. The molecule has 3 heteroatoms. The van der Waals surface area contributed by atoms with Crippen LogP contribution in [0.2, 0.25) is 0 Å². The lowest BCUT2D eigenvalue weighted by Crippen LogP contribution is -2.30. The molecule has 4 rings (SSSR count). The Morgan fingerprint density at radius 2 is 1.86 bits per heavy atom. The largest absolute Gasteiger partial charge is 0.508 e. The first-order valence-corrected chi connectivity index (χ1v) is 7.61. The molecular weight excluding hydrogens is 262 g/mol. The first-order valence-electron chi connectivity index (χ1n) is 7.61. The molecule has 3 nitrogen and oxygen atoms in total. The lowest BCUT2D eigenvalue weighted by molar-refractivity contribution is 0.303. The fraction of sp³-hybridized carbons (Fsp3) is 0.333. The van der Waals surface area contributed by atoms with E-state index in [1.54, 1.807) is 6.07 Å². The zero-order chi connectivity index (χ0) is 14.2. The third-order valence-electron chi connectivity index (χ3n) is 4.22. The van der Waals surface area contributed by atoms with Crippen LogP contribution in [0.3, 0.4) is 0 Å². The van der Waals surface area contributed by atoms with Crippen molar-refractivity contribution in [2.75, 3.05) is 6.54 Å². The van der Waals surface area contributed by atoms with Crippen molar-refractivity contribution in [2.24, 2.45) is 0 Å². The molecule has 21 heavy (non-hydrogen) atoms. The van der Waals surface area contributed by atoms with Crippen molar-refractivity contribution in [3.05, 3.63) is 59.2 Å². The molecule has 1 aliphatic carbocycles. The van der Waals surface area contributed by atoms with Crippen LogP contribution in [0.4, 0.5) is 0 Å². The fourth-order valence-electron chi connectivity index (χ4n) is 2.95. The molecule has 1 unspecified atom stereocenters. The summed E-state index contributed by atoms with van der Waals surface area (Å²) in [5, 5.41) is 13.3. The van der Waals surface area contributed by atoms with Crippen molar-refractivity contribution in [2.45, 2.75) is 31.4 Å². The molecule has 1 atom stereocenters. The summed E-state index contributed by atoms with van der Waals surface area (Å²) in [5.41, 5.74) is 3.71. The normalized spacial score (nSPS) is 20.9. The molecule has 108 valence electrons. The van der Waals surface area contributed by atoms with Crippen LogP contribution in [-0.2, 0) is 6.42 Å². The Morgan fingerprint density at radius 1 is 1.05 bits per heavy atom. The Balaban J connectivity index is 1.62. The van der Waals surface area contributed by atoms with Gasteiger partial charge < -0.3 is 15.2 Å². The number of phenolic OH excluding ortho intramolecular Hbond substituents is 1. The van der Waals surface area contributed by atoms with Crippen LogP contribution in [0, 0.1) is 0 Å². The van der Waals surface area contributed by atoms with Gasteiger partial charge in [0.2, 0.25) is 0 Å². The zero-order valence-corrected chi connectivity index (χ0v) is 11.9. The Hall–Kier alpha value is -2.00. The second kappa shape index (κ2) is 5.08. The standard InChI is InChI=1S/C18H19NO2/c20-14-4-1-12-9-10-19-18(17(12)11-14)13-2-5-15(6-3-13)21-16-7-8-16/h1-6,11,16,18-20H,7-10H2. The number of benzene rings is 2. The molecular formula is C18H19NO2. The molecule has 1 saturated carbocycles. The van der Waals surface area contributed by atoms with Gasteiger partial charge in [-0.05, 0) is 60.2 Å². The van der Waals surface area contributed by atoms with Gasteiger partial charge in [0, 0.05) is 6.54 Å². The highest BCUT2D eigenvalue weighted by Crippen LogP contribution is 2.33. The minimum absolute atomic E-state index is 0.149. The lowest BCUT2D eigenvalue weighted by Gasteiger charge is -2.27. The van der Waals surface area contributed by atoms with Crippen molar-refractivity contribution < 1.29 is 9.84 Å². The van der Waals surface area contributed by atoms with Crippen molar-refractivity contribution >= 4 is 0 Å². The molecule has 0 radical (unpaired) electrons. The Labute approximate surface area is 124 Å². The highest BCUT2D eigenvalue weighted by molar-refractivity contribution is 5.44. The number of nitrogens with one attached hydrogen (secondary N) is 1. The van der Waals surface area contributed by atoms with Crippen LogP contribution in [0.25, 0.3) is 0 Å². The van der Waals surface area contributed by atoms with Crippen LogP contribution in [-0.4, -0.2) is 17.8 Å². The van der Waals surface area contributed by atoms with Gasteiger partial charge in [-0.1, -0.05) is 18.2 Å². The third-order valence-corrected chi connectivity index (χ3v) is 4.22. The van der Waals surface area contributed by atoms with E-state index < -0.39 is 0 Å². The molecule has 0 amide bonds. The smallest absolute Gasteiger partial charge is 0.119 e. The molecule has 2 aromatic rings. The predicted molar refractivity (Wildman–Crippen MR) is 81.7 cm³/mol. The molecule has 2 aromatic carbocycles. The maximum absolute atomic E-state index is 9.76. The third kappa shape index (κ3) is 2.61. The van der Waals surface area contributed by atoms with E-state index in [9.17, 15) is 5.11 Å². The van der Waals surface area contributed by atoms with E-state index >= 15 is 0 Å². The van der Waals surface area contributed by atoms with Gasteiger partial charge >= 0.3 is 0 Å². The van der Waals surface area contributed by atoms with Gasteiger partial charge in [0.25, 0.3) is 0 Å². The molecule has 2 N–H and O–H groups in total. The first kappa shape index (κ1) is 12.7. The van der Waals surface area contributed by atoms with Gasteiger partial charge in [0.1, 0.15) is 11.5 Å². The van der Waals surface area contributed by atoms with E-state index in [1.165, 1.54) is 29.5 Å². The maximum Gasteiger partial charge on any atom is 0.119 e. The summed E-state index contributed by atoms with van der Waals surface area (Å²) in [4.78, 5) is 0. The van der Waals surface area contributed by atoms with Crippen LogP contribution in [0.15, 0.2) is 42.5 Å². The SMILES string of the molecule is Oc1ccc2c(c1)C(c1ccc(OC3CC3)cc1)NCC2. The van der Waals surface area contributed by atoms with E-state index in [0.29, 0.717) is 11.9 Å². The van der Waals surface area contributed by atoms with E-state index in [2.05, 4.69) is 17.4 Å². The van der Waals surface area contributed by atoms with Crippen molar-refractivity contribution in [1.82, 2.24) is 5.32 Å². The number of phenols is 1. The van der Waals surface area contributed by atoms with Crippen molar-refractivity contribution in [1.29, 1.82) is 0 Å². The van der Waals surface area contributed by atoms with Gasteiger partial charge in [-0.2, -0.15) is 0 Å². The first-order chi connectivity index (χ1) is 10.3. The summed E-state index contributed by atoms with van der Waals surface area (Å²) < 4.78 is 5.80. The van der Waals surface area contributed by atoms with E-state index in [4.69, 9.17) is 4.74 Å². The van der Waals surface area contributed by atoms with Crippen LogP contribution >= 0.6 is 0 Å². The van der Waals surface area contributed by atoms with Gasteiger partial charge in [-0.15, -0.1) is 0 Å². The van der Waals surface area contributed by atoms with Gasteiger partial charge in [-0.25, -0.2) is 0 Å². The van der Waals surface area contributed by atoms with Gasteiger partial charge in [0.15, 0.2) is 0 Å². The number of fused-ring (bicyclic) bond motifs is 1. The number of hydrogen-bond acceptors (Lipinski definition) is 3. The fourth-order valence-corrected chi connectivity index (χ4v) is 2.95. The molecule has 0 spiro atoms. The minimum Gasteiger partial charge on any atom is -0.508 e. The van der Waals surface area contributed by atoms with E-state index in [-0.39, 0.29) is 6.04 Å². The number of hydrogen-bond donors (Lipinski definition) is 2. The summed E-state index contributed by atoms with van der Waals surface area (Å²) in [6, 6.07) is 14.2. The molecule has 1 heterocycles. The monoisotopic (exact) mass is 281 g/mol. The molecule has 1 fully saturated rings. The summed E-state index contributed by atoms with van der Waals surface area (Å²) in [7, 11) is 0. The highest BCUT2D eigenvalue weighted by Gasteiger charge is 2.24. The molecule has 0 bridgehead atoms.